The van der Waals surface area contributed by atoms with Gasteiger partial charge >= 0.3 is 0 Å². The van der Waals surface area contributed by atoms with Gasteiger partial charge in [0.2, 0.25) is 0 Å². The van der Waals surface area contributed by atoms with Crippen LogP contribution < -0.4 is 15.5 Å². The quantitative estimate of drug-likeness (QED) is 0.293. The monoisotopic (exact) mass is 465 g/mol. The predicted molar refractivity (Wildman–Crippen MR) is 115 cm³/mol. The van der Waals surface area contributed by atoms with E-state index in [4.69, 9.17) is 11.6 Å². The fourth-order valence-corrected chi connectivity index (χ4v) is 2.96. The first-order valence-corrected chi connectivity index (χ1v) is 8.58. The summed E-state index contributed by atoms with van der Waals surface area (Å²) in [7, 11) is 6.01. The van der Waals surface area contributed by atoms with Crippen LogP contribution in [0.2, 0.25) is 5.02 Å². The van der Waals surface area contributed by atoms with E-state index in [1.54, 1.807) is 0 Å². The molecular formula is C17H29ClIN5. The summed E-state index contributed by atoms with van der Waals surface area (Å²) in [6.45, 7) is 4.02. The molecular weight excluding hydrogens is 437 g/mol. The van der Waals surface area contributed by atoms with Crippen molar-refractivity contribution in [2.45, 2.75) is 18.9 Å². The highest BCUT2D eigenvalue weighted by Crippen LogP contribution is 2.23. The Morgan fingerprint density at radius 3 is 2.88 bits per heavy atom. The largest absolute Gasteiger partial charge is 0.369 e. The number of rotatable bonds is 6. The average molecular weight is 466 g/mol. The number of hydrogen-bond acceptors (Lipinski definition) is 3. The summed E-state index contributed by atoms with van der Waals surface area (Å²) in [5.41, 5.74) is 1.19. The third-order valence-electron chi connectivity index (χ3n) is 4.00. The van der Waals surface area contributed by atoms with Gasteiger partial charge in [0, 0.05) is 43.4 Å². The summed E-state index contributed by atoms with van der Waals surface area (Å²) >= 11 is 6.08. The van der Waals surface area contributed by atoms with Gasteiger partial charge in [-0.15, -0.1) is 24.0 Å². The number of halogens is 2. The first-order valence-electron chi connectivity index (χ1n) is 8.21. The molecule has 1 atom stereocenters. The van der Waals surface area contributed by atoms with Crippen LogP contribution in [-0.2, 0) is 0 Å². The summed E-state index contributed by atoms with van der Waals surface area (Å²) in [5, 5.41) is 7.70. The SMILES string of the molecule is CN=C(NCCCN(C)C)NC1CCN(c2cccc(Cl)c2)C1.I. The lowest BCUT2D eigenvalue weighted by Crippen LogP contribution is -2.45. The zero-order valence-electron chi connectivity index (χ0n) is 14.8. The molecule has 2 rings (SSSR count). The lowest BCUT2D eigenvalue weighted by molar-refractivity contribution is 0.399. The van der Waals surface area contributed by atoms with Crippen molar-refractivity contribution in [3.05, 3.63) is 29.3 Å². The van der Waals surface area contributed by atoms with E-state index in [1.807, 2.05) is 25.2 Å². The Labute approximate surface area is 167 Å². The molecule has 1 aromatic rings. The van der Waals surface area contributed by atoms with Crippen molar-refractivity contribution in [3.8, 4) is 0 Å². The maximum absolute atomic E-state index is 6.08. The third-order valence-corrected chi connectivity index (χ3v) is 4.24. The average Bonchev–Trinajstić information content (AvgIpc) is 2.98. The highest BCUT2D eigenvalue weighted by atomic mass is 127. The Morgan fingerprint density at radius 2 is 2.21 bits per heavy atom. The smallest absolute Gasteiger partial charge is 0.191 e. The van der Waals surface area contributed by atoms with Crippen molar-refractivity contribution < 1.29 is 0 Å². The molecule has 2 N–H and O–H groups in total. The Morgan fingerprint density at radius 1 is 1.42 bits per heavy atom. The zero-order chi connectivity index (χ0) is 16.7. The molecule has 5 nitrogen and oxygen atoms in total. The van der Waals surface area contributed by atoms with Crippen LogP contribution in [0.3, 0.4) is 0 Å². The van der Waals surface area contributed by atoms with E-state index >= 15 is 0 Å². The molecule has 1 heterocycles. The van der Waals surface area contributed by atoms with E-state index in [9.17, 15) is 0 Å². The van der Waals surface area contributed by atoms with Crippen molar-refractivity contribution in [2.24, 2.45) is 4.99 Å². The number of nitrogens with one attached hydrogen (secondary N) is 2. The van der Waals surface area contributed by atoms with Crippen LogP contribution >= 0.6 is 35.6 Å². The van der Waals surface area contributed by atoms with Gasteiger partial charge in [0.1, 0.15) is 0 Å². The van der Waals surface area contributed by atoms with E-state index in [0.29, 0.717) is 6.04 Å². The highest BCUT2D eigenvalue weighted by molar-refractivity contribution is 14.0. The second-order valence-corrected chi connectivity index (χ2v) is 6.65. The first-order chi connectivity index (χ1) is 11.1. The minimum atomic E-state index is 0. The van der Waals surface area contributed by atoms with Crippen molar-refractivity contribution in [1.29, 1.82) is 0 Å². The zero-order valence-corrected chi connectivity index (χ0v) is 17.8. The lowest BCUT2D eigenvalue weighted by atomic mass is 10.2. The van der Waals surface area contributed by atoms with Crippen molar-refractivity contribution in [3.63, 3.8) is 0 Å². The van der Waals surface area contributed by atoms with Crippen LogP contribution in [-0.4, -0.2) is 64.2 Å². The molecule has 1 aliphatic heterocycles. The normalized spacial score (nSPS) is 17.8. The predicted octanol–water partition coefficient (Wildman–Crippen LogP) is 2.65. The molecule has 0 aliphatic carbocycles. The molecule has 1 unspecified atom stereocenters. The van der Waals surface area contributed by atoms with E-state index in [0.717, 1.165) is 50.0 Å². The van der Waals surface area contributed by atoms with Crippen LogP contribution in [0.25, 0.3) is 0 Å². The van der Waals surface area contributed by atoms with Gasteiger partial charge in [-0.3, -0.25) is 4.99 Å². The maximum atomic E-state index is 6.08. The number of guanidine groups is 1. The van der Waals surface area contributed by atoms with Gasteiger partial charge in [-0.05, 0) is 51.7 Å². The molecule has 1 fully saturated rings. The van der Waals surface area contributed by atoms with Crippen LogP contribution in [0.1, 0.15) is 12.8 Å². The molecule has 24 heavy (non-hydrogen) atoms. The second kappa shape index (κ2) is 11.0. The van der Waals surface area contributed by atoms with E-state index in [2.05, 4.69) is 45.6 Å². The number of nitrogens with zero attached hydrogens (tertiary/aromatic N) is 3. The van der Waals surface area contributed by atoms with Crippen LogP contribution in [0, 0.1) is 0 Å². The van der Waals surface area contributed by atoms with Crippen molar-refractivity contribution in [2.75, 3.05) is 52.2 Å². The number of benzene rings is 1. The molecule has 0 aromatic heterocycles. The standard InChI is InChI=1S/C17H28ClN5.HI/c1-19-17(20-9-5-10-22(2)3)21-15-8-11-23(13-15)16-7-4-6-14(18)12-16;/h4,6-7,12,15H,5,8-11,13H2,1-3H3,(H2,19,20,21);1H. The summed E-state index contributed by atoms with van der Waals surface area (Å²) in [6, 6.07) is 8.47. The summed E-state index contributed by atoms with van der Waals surface area (Å²) in [5.74, 6) is 0.890. The minimum Gasteiger partial charge on any atom is -0.369 e. The molecule has 0 bridgehead atoms. The van der Waals surface area contributed by atoms with Crippen molar-refractivity contribution >= 4 is 47.2 Å². The summed E-state index contributed by atoms with van der Waals surface area (Å²) in [6.07, 6.45) is 2.21. The molecule has 0 radical (unpaired) electrons. The van der Waals surface area contributed by atoms with Gasteiger partial charge in [-0.1, -0.05) is 17.7 Å². The van der Waals surface area contributed by atoms with Gasteiger partial charge in [-0.2, -0.15) is 0 Å². The number of aliphatic imine (C=N–C) groups is 1. The molecule has 1 saturated heterocycles. The highest BCUT2D eigenvalue weighted by Gasteiger charge is 2.23. The van der Waals surface area contributed by atoms with Crippen LogP contribution in [0.4, 0.5) is 5.69 Å². The summed E-state index contributed by atoms with van der Waals surface area (Å²) < 4.78 is 0. The maximum Gasteiger partial charge on any atom is 0.191 e. The van der Waals surface area contributed by atoms with E-state index in [1.165, 1.54) is 5.69 Å². The molecule has 0 amide bonds. The molecule has 1 aliphatic rings. The van der Waals surface area contributed by atoms with E-state index in [-0.39, 0.29) is 24.0 Å². The molecule has 0 saturated carbocycles. The number of anilines is 1. The van der Waals surface area contributed by atoms with Gasteiger partial charge in [0.05, 0.1) is 0 Å². The molecule has 7 heteroatoms. The molecule has 136 valence electrons. The molecule has 0 spiro atoms. The van der Waals surface area contributed by atoms with Gasteiger partial charge in [0.25, 0.3) is 0 Å². The lowest BCUT2D eigenvalue weighted by Gasteiger charge is -2.20. The fraction of sp³-hybridized carbons (Fsp3) is 0.588. The van der Waals surface area contributed by atoms with E-state index < -0.39 is 0 Å². The Balaban J connectivity index is 0.00000288. The Bertz CT molecular complexity index is 523. The first kappa shape index (κ1) is 21.3. The van der Waals surface area contributed by atoms with Crippen LogP contribution in [0.5, 0.6) is 0 Å². The van der Waals surface area contributed by atoms with Gasteiger partial charge in [-0.25, -0.2) is 0 Å². The Hall–Kier alpha value is -0.730. The Kier molecular flexibility index (Phi) is 9.76. The number of hydrogen-bond donors (Lipinski definition) is 2. The van der Waals surface area contributed by atoms with Gasteiger partial charge in [0.15, 0.2) is 5.96 Å². The third kappa shape index (κ3) is 7.03. The minimum absolute atomic E-state index is 0. The van der Waals surface area contributed by atoms with Gasteiger partial charge < -0.3 is 20.4 Å². The topological polar surface area (TPSA) is 42.9 Å². The summed E-state index contributed by atoms with van der Waals surface area (Å²) in [4.78, 5) is 8.88. The van der Waals surface area contributed by atoms with Crippen LogP contribution in [0.15, 0.2) is 29.3 Å². The molecule has 1 aromatic carbocycles. The fourth-order valence-electron chi connectivity index (χ4n) is 2.78. The second-order valence-electron chi connectivity index (χ2n) is 6.21. The van der Waals surface area contributed by atoms with Crippen molar-refractivity contribution in [1.82, 2.24) is 15.5 Å².